The molecule has 0 aliphatic heterocycles. The molecule has 1 aromatic heterocycles. The maximum Gasteiger partial charge on any atom is 0.226 e. The highest BCUT2D eigenvalue weighted by molar-refractivity contribution is 5.90. The molecular formula is C17H24N2O. The maximum absolute atomic E-state index is 12.3. The van der Waals surface area contributed by atoms with Crippen molar-refractivity contribution < 1.29 is 4.79 Å². The van der Waals surface area contributed by atoms with Gasteiger partial charge in [-0.2, -0.15) is 0 Å². The number of fused-ring (bicyclic) bond motifs is 1. The Labute approximate surface area is 121 Å². The molecule has 2 aromatic rings. The van der Waals surface area contributed by atoms with E-state index in [1.165, 1.54) is 16.6 Å². The third kappa shape index (κ3) is 2.72. The van der Waals surface area contributed by atoms with Gasteiger partial charge in [-0.05, 0) is 25.0 Å². The average molecular weight is 272 g/mol. The fraction of sp³-hybridized carbons (Fsp3) is 0.471. The third-order valence-electron chi connectivity index (χ3n) is 4.13. The van der Waals surface area contributed by atoms with Gasteiger partial charge in [-0.25, -0.2) is 0 Å². The Morgan fingerprint density at radius 2 is 2.00 bits per heavy atom. The Bertz CT molecular complexity index is 613. The first kappa shape index (κ1) is 14.6. The molecule has 1 aromatic carbocycles. The van der Waals surface area contributed by atoms with Crippen LogP contribution in [0.5, 0.6) is 0 Å². The van der Waals surface area contributed by atoms with Gasteiger partial charge in [0.15, 0.2) is 0 Å². The summed E-state index contributed by atoms with van der Waals surface area (Å²) >= 11 is 0. The van der Waals surface area contributed by atoms with Gasteiger partial charge in [0.2, 0.25) is 5.91 Å². The van der Waals surface area contributed by atoms with E-state index < -0.39 is 0 Å². The lowest BCUT2D eigenvalue weighted by Gasteiger charge is -2.16. The average Bonchev–Trinajstić information content (AvgIpc) is 2.70. The highest BCUT2D eigenvalue weighted by Crippen LogP contribution is 2.25. The van der Waals surface area contributed by atoms with Gasteiger partial charge < -0.3 is 9.47 Å². The van der Waals surface area contributed by atoms with Crippen LogP contribution >= 0.6 is 0 Å². The highest BCUT2D eigenvalue weighted by atomic mass is 16.2. The van der Waals surface area contributed by atoms with Crippen LogP contribution in [0.2, 0.25) is 0 Å². The lowest BCUT2D eigenvalue weighted by atomic mass is 10.1. The largest absolute Gasteiger partial charge is 0.348 e. The molecule has 0 radical (unpaired) electrons. The van der Waals surface area contributed by atoms with E-state index >= 15 is 0 Å². The molecule has 3 nitrogen and oxygen atoms in total. The predicted octanol–water partition coefficient (Wildman–Crippen LogP) is 3.29. The van der Waals surface area contributed by atoms with Crippen LogP contribution in [0, 0.1) is 6.92 Å². The zero-order chi connectivity index (χ0) is 14.7. The molecule has 0 atom stereocenters. The fourth-order valence-corrected chi connectivity index (χ4v) is 2.63. The van der Waals surface area contributed by atoms with E-state index in [0.717, 1.165) is 24.9 Å². The van der Waals surface area contributed by atoms with Crippen LogP contribution in [0.25, 0.3) is 10.9 Å². The SMILES string of the molecule is CCCCN(C)C(=O)Cc1c(C)n(C)c2ccccc12. The zero-order valence-corrected chi connectivity index (χ0v) is 12.9. The summed E-state index contributed by atoms with van der Waals surface area (Å²) in [4.78, 5) is 14.2. The standard InChI is InChI=1S/C17H24N2O/c1-5-6-11-18(3)17(20)12-15-13(2)19(4)16-10-8-7-9-14(15)16/h7-10H,5-6,11-12H2,1-4H3. The van der Waals surface area contributed by atoms with Crippen molar-refractivity contribution in [3.63, 3.8) is 0 Å². The summed E-state index contributed by atoms with van der Waals surface area (Å²) < 4.78 is 2.17. The van der Waals surface area contributed by atoms with Crippen LogP contribution in [0.15, 0.2) is 24.3 Å². The van der Waals surface area contributed by atoms with Gasteiger partial charge in [-0.15, -0.1) is 0 Å². The van der Waals surface area contributed by atoms with Gasteiger partial charge in [0.05, 0.1) is 6.42 Å². The summed E-state index contributed by atoms with van der Waals surface area (Å²) in [6.07, 6.45) is 2.68. The second kappa shape index (κ2) is 6.12. The molecule has 0 aliphatic carbocycles. The van der Waals surface area contributed by atoms with Crippen molar-refractivity contribution in [1.29, 1.82) is 0 Å². The van der Waals surface area contributed by atoms with Gasteiger partial charge in [-0.1, -0.05) is 31.5 Å². The summed E-state index contributed by atoms with van der Waals surface area (Å²) in [6, 6.07) is 8.30. The van der Waals surface area contributed by atoms with E-state index in [1.54, 1.807) is 0 Å². The summed E-state index contributed by atoms with van der Waals surface area (Å²) in [6.45, 7) is 5.08. The molecule has 0 unspecified atom stereocenters. The summed E-state index contributed by atoms with van der Waals surface area (Å²) in [7, 11) is 3.96. The number of benzene rings is 1. The van der Waals surface area contributed by atoms with Crippen LogP contribution in [0.3, 0.4) is 0 Å². The van der Waals surface area contributed by atoms with Crippen molar-refractivity contribution in [2.75, 3.05) is 13.6 Å². The second-order valence-corrected chi connectivity index (χ2v) is 5.49. The van der Waals surface area contributed by atoms with E-state index in [1.807, 2.05) is 24.1 Å². The Kier molecular flexibility index (Phi) is 4.48. The number of aryl methyl sites for hydroxylation is 1. The number of carbonyl (C=O) groups is 1. The predicted molar refractivity (Wildman–Crippen MR) is 83.9 cm³/mol. The van der Waals surface area contributed by atoms with Crippen LogP contribution in [0.4, 0.5) is 0 Å². The first-order chi connectivity index (χ1) is 9.56. The number of carbonyl (C=O) groups excluding carboxylic acids is 1. The number of unbranched alkanes of at least 4 members (excludes halogenated alkanes) is 1. The molecule has 1 heterocycles. The van der Waals surface area contributed by atoms with E-state index in [0.29, 0.717) is 6.42 Å². The summed E-state index contributed by atoms with van der Waals surface area (Å²) in [5.74, 6) is 0.206. The van der Waals surface area contributed by atoms with Gasteiger partial charge in [-0.3, -0.25) is 4.79 Å². The number of hydrogen-bond acceptors (Lipinski definition) is 1. The lowest BCUT2D eigenvalue weighted by Crippen LogP contribution is -2.29. The highest BCUT2D eigenvalue weighted by Gasteiger charge is 2.16. The first-order valence-electron chi connectivity index (χ1n) is 7.33. The van der Waals surface area contributed by atoms with Crippen molar-refractivity contribution in [1.82, 2.24) is 9.47 Å². The molecule has 0 saturated carbocycles. The van der Waals surface area contributed by atoms with Gasteiger partial charge in [0.1, 0.15) is 0 Å². The molecule has 3 heteroatoms. The quantitative estimate of drug-likeness (QED) is 0.820. The van der Waals surface area contributed by atoms with E-state index in [-0.39, 0.29) is 5.91 Å². The summed E-state index contributed by atoms with van der Waals surface area (Å²) in [5, 5.41) is 1.20. The van der Waals surface area contributed by atoms with Crippen LogP contribution in [-0.2, 0) is 18.3 Å². The molecule has 0 aliphatic rings. The number of rotatable bonds is 5. The molecule has 0 saturated heterocycles. The topological polar surface area (TPSA) is 25.2 Å². The van der Waals surface area contributed by atoms with Crippen molar-refractivity contribution in [3.8, 4) is 0 Å². The number of likely N-dealkylation sites (N-methyl/N-ethyl adjacent to an activating group) is 1. The molecule has 0 fully saturated rings. The molecule has 0 bridgehead atoms. The minimum absolute atomic E-state index is 0.206. The van der Waals surface area contributed by atoms with Crippen molar-refractivity contribution >= 4 is 16.8 Å². The monoisotopic (exact) mass is 272 g/mol. The minimum atomic E-state index is 0.206. The summed E-state index contributed by atoms with van der Waals surface area (Å²) in [5.41, 5.74) is 3.55. The van der Waals surface area contributed by atoms with E-state index in [4.69, 9.17) is 0 Å². The normalized spacial score (nSPS) is 11.0. The number of para-hydroxylation sites is 1. The van der Waals surface area contributed by atoms with Crippen molar-refractivity contribution in [3.05, 3.63) is 35.5 Å². The maximum atomic E-state index is 12.3. The first-order valence-corrected chi connectivity index (χ1v) is 7.33. The Balaban J connectivity index is 2.25. The fourth-order valence-electron chi connectivity index (χ4n) is 2.63. The van der Waals surface area contributed by atoms with Crippen molar-refractivity contribution in [2.45, 2.75) is 33.1 Å². The number of amides is 1. The number of aromatic nitrogens is 1. The van der Waals surface area contributed by atoms with Gasteiger partial charge in [0, 0.05) is 37.2 Å². The Morgan fingerprint density at radius 3 is 2.70 bits per heavy atom. The van der Waals surface area contributed by atoms with Gasteiger partial charge >= 0.3 is 0 Å². The number of hydrogen-bond donors (Lipinski definition) is 0. The smallest absolute Gasteiger partial charge is 0.226 e. The minimum Gasteiger partial charge on any atom is -0.348 e. The van der Waals surface area contributed by atoms with E-state index in [9.17, 15) is 4.79 Å². The number of nitrogens with zero attached hydrogens (tertiary/aromatic N) is 2. The zero-order valence-electron chi connectivity index (χ0n) is 12.9. The molecule has 108 valence electrons. The molecule has 0 N–H and O–H groups in total. The molecule has 0 spiro atoms. The molecule has 1 amide bonds. The van der Waals surface area contributed by atoms with Crippen molar-refractivity contribution in [2.24, 2.45) is 7.05 Å². The van der Waals surface area contributed by atoms with Gasteiger partial charge in [0.25, 0.3) is 0 Å². The second-order valence-electron chi connectivity index (χ2n) is 5.49. The molecule has 20 heavy (non-hydrogen) atoms. The lowest BCUT2D eigenvalue weighted by molar-refractivity contribution is -0.129. The Hall–Kier alpha value is -1.77. The Morgan fingerprint density at radius 1 is 1.30 bits per heavy atom. The molecular weight excluding hydrogens is 248 g/mol. The van der Waals surface area contributed by atoms with Crippen LogP contribution in [0.1, 0.15) is 31.0 Å². The molecule has 2 rings (SSSR count). The van der Waals surface area contributed by atoms with Crippen LogP contribution in [-0.4, -0.2) is 29.0 Å². The van der Waals surface area contributed by atoms with E-state index in [2.05, 4.69) is 37.6 Å². The van der Waals surface area contributed by atoms with Crippen LogP contribution < -0.4 is 0 Å². The third-order valence-corrected chi connectivity index (χ3v) is 4.13.